The van der Waals surface area contributed by atoms with E-state index >= 15 is 0 Å². The number of carbonyl (C=O) groups is 1. The molecule has 15 heavy (non-hydrogen) atoms. The lowest BCUT2D eigenvalue weighted by Crippen LogP contribution is -2.26. The third-order valence-corrected chi connectivity index (χ3v) is 2.64. The van der Waals surface area contributed by atoms with Crippen molar-refractivity contribution in [3.63, 3.8) is 0 Å². The predicted molar refractivity (Wildman–Crippen MR) is 57.8 cm³/mol. The van der Waals surface area contributed by atoms with E-state index < -0.39 is 0 Å². The molecule has 1 aromatic carbocycles. The molecule has 1 saturated heterocycles. The van der Waals surface area contributed by atoms with Crippen molar-refractivity contribution >= 4 is 6.09 Å². The van der Waals surface area contributed by atoms with Crippen molar-refractivity contribution in [1.29, 1.82) is 0 Å². The first kappa shape index (κ1) is 10.0. The number of cyclic esters (lactones) is 1. The minimum absolute atomic E-state index is 0.179. The van der Waals surface area contributed by atoms with Crippen LogP contribution in [0.4, 0.5) is 4.79 Å². The summed E-state index contributed by atoms with van der Waals surface area (Å²) in [6.45, 7) is 2.58. The number of benzene rings is 1. The number of ether oxygens (including phenoxy) is 1. The number of alkyl carbamates (subject to hydrolysis) is 1. The molecular formula is C12H15NO2. The predicted octanol–water partition coefficient (Wildman–Crippen LogP) is 2.04. The van der Waals surface area contributed by atoms with E-state index in [1.54, 1.807) is 0 Å². The van der Waals surface area contributed by atoms with Gasteiger partial charge in [-0.25, -0.2) is 4.79 Å². The second kappa shape index (κ2) is 4.34. The van der Waals surface area contributed by atoms with Crippen LogP contribution >= 0.6 is 0 Å². The Kier molecular flexibility index (Phi) is 2.90. The van der Waals surface area contributed by atoms with Crippen LogP contribution in [0, 0.1) is 6.92 Å². The van der Waals surface area contributed by atoms with Crippen LogP contribution in [0.15, 0.2) is 24.3 Å². The van der Waals surface area contributed by atoms with Gasteiger partial charge < -0.3 is 10.1 Å². The summed E-state index contributed by atoms with van der Waals surface area (Å²) in [5, 5.41) is 2.77. The van der Waals surface area contributed by atoms with Crippen molar-refractivity contribution in [2.24, 2.45) is 0 Å². The smallest absolute Gasteiger partial charge is 0.407 e. The Hall–Kier alpha value is -1.51. The fourth-order valence-electron chi connectivity index (χ4n) is 1.68. The van der Waals surface area contributed by atoms with E-state index in [0.29, 0.717) is 6.61 Å². The maximum Gasteiger partial charge on any atom is 0.407 e. The Morgan fingerprint density at radius 1 is 1.40 bits per heavy atom. The molecular weight excluding hydrogens is 190 g/mol. The molecule has 0 bridgehead atoms. The number of hydrogen-bond donors (Lipinski definition) is 1. The van der Waals surface area contributed by atoms with Gasteiger partial charge in [-0.15, -0.1) is 0 Å². The Balaban J connectivity index is 1.83. The van der Waals surface area contributed by atoms with Crippen LogP contribution in [0.3, 0.4) is 0 Å². The summed E-state index contributed by atoms with van der Waals surface area (Å²) in [5.41, 5.74) is 2.58. The summed E-state index contributed by atoms with van der Waals surface area (Å²) in [7, 11) is 0. The Morgan fingerprint density at radius 2 is 2.13 bits per heavy atom. The number of rotatable bonds is 3. The lowest BCUT2D eigenvalue weighted by Gasteiger charge is -2.06. The average molecular weight is 205 g/mol. The van der Waals surface area contributed by atoms with Gasteiger partial charge in [0.05, 0.1) is 6.04 Å². The van der Waals surface area contributed by atoms with Crippen LogP contribution in [-0.2, 0) is 11.2 Å². The summed E-state index contributed by atoms with van der Waals surface area (Å²) >= 11 is 0. The minimum Gasteiger partial charge on any atom is -0.447 e. The van der Waals surface area contributed by atoms with Crippen molar-refractivity contribution < 1.29 is 9.53 Å². The number of aryl methyl sites for hydroxylation is 2. The number of hydrogen-bond acceptors (Lipinski definition) is 2. The van der Waals surface area contributed by atoms with Crippen molar-refractivity contribution in [3.05, 3.63) is 35.4 Å². The van der Waals surface area contributed by atoms with Crippen molar-refractivity contribution in [1.82, 2.24) is 5.32 Å². The highest BCUT2D eigenvalue weighted by molar-refractivity contribution is 5.69. The molecule has 1 aliphatic rings. The molecule has 80 valence electrons. The Labute approximate surface area is 89.4 Å². The molecule has 1 heterocycles. The number of carbonyl (C=O) groups excluding carboxylic acids is 1. The van der Waals surface area contributed by atoms with Gasteiger partial charge in [0, 0.05) is 0 Å². The van der Waals surface area contributed by atoms with Crippen LogP contribution in [0.5, 0.6) is 0 Å². The van der Waals surface area contributed by atoms with Gasteiger partial charge in [-0.3, -0.25) is 0 Å². The third kappa shape index (κ3) is 2.72. The first-order valence-corrected chi connectivity index (χ1v) is 5.23. The maximum absolute atomic E-state index is 10.8. The van der Waals surface area contributed by atoms with Gasteiger partial charge in [0.1, 0.15) is 6.61 Å². The monoisotopic (exact) mass is 205 g/mol. The lowest BCUT2D eigenvalue weighted by atomic mass is 10.0. The molecule has 1 aromatic rings. The van der Waals surface area contributed by atoms with Crippen molar-refractivity contribution in [2.45, 2.75) is 25.8 Å². The van der Waals surface area contributed by atoms with Gasteiger partial charge in [-0.1, -0.05) is 29.8 Å². The second-order valence-corrected chi connectivity index (χ2v) is 3.96. The van der Waals surface area contributed by atoms with E-state index in [2.05, 4.69) is 36.5 Å². The Bertz CT molecular complexity index is 345. The van der Waals surface area contributed by atoms with E-state index in [9.17, 15) is 4.79 Å². The summed E-state index contributed by atoms with van der Waals surface area (Å²) in [4.78, 5) is 10.8. The van der Waals surface area contributed by atoms with Gasteiger partial charge in [0.25, 0.3) is 0 Å². The molecule has 0 saturated carbocycles. The lowest BCUT2D eigenvalue weighted by molar-refractivity contribution is 0.176. The molecule has 0 radical (unpaired) electrons. The maximum atomic E-state index is 10.8. The summed E-state index contributed by atoms with van der Waals surface area (Å²) < 4.78 is 4.82. The highest BCUT2D eigenvalue weighted by Crippen LogP contribution is 2.09. The third-order valence-electron chi connectivity index (χ3n) is 2.64. The fourth-order valence-corrected chi connectivity index (χ4v) is 1.68. The zero-order valence-electron chi connectivity index (χ0n) is 8.82. The summed E-state index contributed by atoms with van der Waals surface area (Å²) in [6.07, 6.45) is 1.63. The van der Waals surface area contributed by atoms with Crippen LogP contribution in [0.1, 0.15) is 17.5 Å². The molecule has 0 spiro atoms. The van der Waals surface area contributed by atoms with Crippen LogP contribution < -0.4 is 5.32 Å². The van der Waals surface area contributed by atoms with Gasteiger partial charge in [-0.2, -0.15) is 0 Å². The molecule has 0 aromatic heterocycles. The van der Waals surface area contributed by atoms with Gasteiger partial charge in [0.15, 0.2) is 0 Å². The SMILES string of the molecule is Cc1ccc(CC[C@H]2COC(=O)N2)cc1. The molecule has 3 nitrogen and oxygen atoms in total. The first-order chi connectivity index (χ1) is 7.24. The normalized spacial score (nSPS) is 19.8. The molecule has 0 aliphatic carbocycles. The zero-order chi connectivity index (χ0) is 10.7. The average Bonchev–Trinajstić information content (AvgIpc) is 2.64. The molecule has 1 fully saturated rings. The van der Waals surface area contributed by atoms with Gasteiger partial charge in [0.2, 0.25) is 0 Å². The highest BCUT2D eigenvalue weighted by Gasteiger charge is 2.21. The number of nitrogens with one attached hydrogen (secondary N) is 1. The van der Waals surface area contributed by atoms with Crippen molar-refractivity contribution in [3.8, 4) is 0 Å². The standard InChI is InChI=1S/C12H15NO2/c1-9-2-4-10(5-3-9)6-7-11-8-15-12(14)13-11/h2-5,11H,6-8H2,1H3,(H,13,14)/t11-/m0/s1. The molecule has 1 amide bonds. The highest BCUT2D eigenvalue weighted by atomic mass is 16.6. The van der Waals surface area contributed by atoms with Crippen LogP contribution in [0.25, 0.3) is 0 Å². The van der Waals surface area contributed by atoms with E-state index in [1.165, 1.54) is 11.1 Å². The topological polar surface area (TPSA) is 38.3 Å². The summed E-state index contributed by atoms with van der Waals surface area (Å²) in [5.74, 6) is 0. The molecule has 1 N–H and O–H groups in total. The second-order valence-electron chi connectivity index (χ2n) is 3.96. The molecule has 2 rings (SSSR count). The quantitative estimate of drug-likeness (QED) is 0.820. The first-order valence-electron chi connectivity index (χ1n) is 5.23. The van der Waals surface area contributed by atoms with Crippen molar-refractivity contribution in [2.75, 3.05) is 6.61 Å². The molecule has 1 atom stereocenters. The summed E-state index contributed by atoms with van der Waals surface area (Å²) in [6, 6.07) is 8.66. The van der Waals surface area contributed by atoms with Gasteiger partial charge >= 0.3 is 6.09 Å². The van der Waals surface area contributed by atoms with E-state index in [4.69, 9.17) is 4.74 Å². The zero-order valence-corrected chi connectivity index (χ0v) is 8.82. The molecule has 0 unspecified atom stereocenters. The molecule has 3 heteroatoms. The fraction of sp³-hybridized carbons (Fsp3) is 0.417. The number of amides is 1. The van der Waals surface area contributed by atoms with E-state index in [0.717, 1.165) is 12.8 Å². The van der Waals surface area contributed by atoms with Gasteiger partial charge in [-0.05, 0) is 25.3 Å². The van der Waals surface area contributed by atoms with E-state index in [1.807, 2.05) is 0 Å². The van der Waals surface area contributed by atoms with Crippen LogP contribution in [0.2, 0.25) is 0 Å². The largest absolute Gasteiger partial charge is 0.447 e. The van der Waals surface area contributed by atoms with Crippen LogP contribution in [-0.4, -0.2) is 18.7 Å². The minimum atomic E-state index is -0.288. The molecule has 1 aliphatic heterocycles. The van der Waals surface area contributed by atoms with E-state index in [-0.39, 0.29) is 12.1 Å². The Morgan fingerprint density at radius 3 is 2.73 bits per heavy atom.